The van der Waals surface area contributed by atoms with E-state index in [-0.39, 0.29) is 12.3 Å². The van der Waals surface area contributed by atoms with Gasteiger partial charge >= 0.3 is 0 Å². The number of hydrogen-bond donors (Lipinski definition) is 3. The number of fused-ring (bicyclic) bond motifs is 2. The van der Waals surface area contributed by atoms with Gasteiger partial charge in [0.05, 0.1) is 19.0 Å². The van der Waals surface area contributed by atoms with Crippen LogP contribution in [-0.2, 0) is 17.6 Å². The number of nitrogens with one attached hydrogen (secondary N) is 3. The number of hydrogen-bond acceptors (Lipinski definition) is 5. The third-order valence-corrected chi connectivity index (χ3v) is 5.29. The topological polar surface area (TPSA) is 109 Å². The molecule has 1 amide bonds. The van der Waals surface area contributed by atoms with E-state index in [4.69, 9.17) is 9.26 Å². The molecule has 0 radical (unpaired) electrons. The first kappa shape index (κ1) is 18.9. The van der Waals surface area contributed by atoms with E-state index in [0.29, 0.717) is 24.7 Å². The normalized spacial score (nSPS) is 11.3. The van der Waals surface area contributed by atoms with Crippen LogP contribution in [0.1, 0.15) is 11.5 Å². The molecule has 0 aliphatic rings. The summed E-state index contributed by atoms with van der Waals surface area (Å²) in [5.41, 5.74) is 3.73. The lowest BCUT2D eigenvalue weighted by Gasteiger charge is -2.04. The van der Waals surface area contributed by atoms with E-state index in [2.05, 4.69) is 25.4 Å². The number of para-hydroxylation sites is 2. The molecule has 8 heteroatoms. The lowest BCUT2D eigenvalue weighted by molar-refractivity contribution is -0.120. The van der Waals surface area contributed by atoms with Crippen LogP contribution >= 0.6 is 0 Å². The van der Waals surface area contributed by atoms with Crippen LogP contribution in [0.4, 0.5) is 0 Å². The number of H-pyrrole nitrogens is 2. The van der Waals surface area contributed by atoms with Crippen molar-refractivity contribution in [2.24, 2.45) is 0 Å². The van der Waals surface area contributed by atoms with Crippen molar-refractivity contribution in [3.63, 3.8) is 0 Å². The zero-order valence-electron chi connectivity index (χ0n) is 16.9. The molecule has 31 heavy (non-hydrogen) atoms. The standard InChI is InChI=1S/C23H21N5O3/c1-30-19-8-4-6-15-14(12-26-22(15)19)11-20(29)24-10-9-21-27-23(28-31-21)17-13-25-18-7-3-2-5-16(17)18/h2-8,12-13,25-26H,9-11H2,1H3,(H,24,29). The maximum absolute atomic E-state index is 12.4. The molecule has 3 aromatic heterocycles. The summed E-state index contributed by atoms with van der Waals surface area (Å²) in [6, 6.07) is 13.7. The highest BCUT2D eigenvalue weighted by molar-refractivity contribution is 5.94. The van der Waals surface area contributed by atoms with E-state index in [1.807, 2.05) is 54.9 Å². The van der Waals surface area contributed by atoms with Crippen molar-refractivity contribution in [1.29, 1.82) is 0 Å². The molecule has 2 aromatic carbocycles. The maximum Gasteiger partial charge on any atom is 0.228 e. The van der Waals surface area contributed by atoms with Gasteiger partial charge in [0.1, 0.15) is 5.75 Å². The summed E-state index contributed by atoms with van der Waals surface area (Å²) >= 11 is 0. The summed E-state index contributed by atoms with van der Waals surface area (Å²) in [7, 11) is 1.63. The third kappa shape index (κ3) is 3.63. The summed E-state index contributed by atoms with van der Waals surface area (Å²) in [6.45, 7) is 0.417. The minimum Gasteiger partial charge on any atom is -0.495 e. The second kappa shape index (κ2) is 7.98. The Morgan fingerprint density at radius 2 is 1.97 bits per heavy atom. The van der Waals surface area contributed by atoms with Crippen molar-refractivity contribution in [2.45, 2.75) is 12.8 Å². The Balaban J connectivity index is 1.20. The number of benzene rings is 2. The fourth-order valence-corrected chi connectivity index (χ4v) is 3.77. The Morgan fingerprint density at radius 3 is 2.87 bits per heavy atom. The molecule has 0 spiro atoms. The Labute approximate surface area is 177 Å². The number of carbonyl (C=O) groups excluding carboxylic acids is 1. The molecule has 8 nitrogen and oxygen atoms in total. The number of amides is 1. The zero-order chi connectivity index (χ0) is 21.2. The van der Waals surface area contributed by atoms with Crippen molar-refractivity contribution in [1.82, 2.24) is 25.4 Å². The smallest absolute Gasteiger partial charge is 0.228 e. The van der Waals surface area contributed by atoms with E-state index in [9.17, 15) is 4.79 Å². The van der Waals surface area contributed by atoms with Gasteiger partial charge in [0.2, 0.25) is 17.6 Å². The highest BCUT2D eigenvalue weighted by Crippen LogP contribution is 2.27. The van der Waals surface area contributed by atoms with Crippen molar-refractivity contribution in [3.05, 3.63) is 66.3 Å². The van der Waals surface area contributed by atoms with Crippen LogP contribution < -0.4 is 10.1 Å². The molecule has 0 saturated heterocycles. The van der Waals surface area contributed by atoms with E-state index in [1.54, 1.807) is 7.11 Å². The highest BCUT2D eigenvalue weighted by atomic mass is 16.5. The molecule has 0 fully saturated rings. The van der Waals surface area contributed by atoms with Gasteiger partial charge < -0.3 is 24.5 Å². The van der Waals surface area contributed by atoms with Gasteiger partial charge in [-0.3, -0.25) is 4.79 Å². The quantitative estimate of drug-likeness (QED) is 0.376. The summed E-state index contributed by atoms with van der Waals surface area (Å²) in [5, 5.41) is 9.02. The van der Waals surface area contributed by atoms with Crippen molar-refractivity contribution < 1.29 is 14.1 Å². The molecular formula is C23H21N5O3. The van der Waals surface area contributed by atoms with E-state index in [1.165, 1.54) is 0 Å². The molecule has 5 aromatic rings. The molecule has 0 atom stereocenters. The third-order valence-electron chi connectivity index (χ3n) is 5.29. The summed E-state index contributed by atoms with van der Waals surface area (Å²) in [6.07, 6.45) is 4.45. The fourth-order valence-electron chi connectivity index (χ4n) is 3.77. The van der Waals surface area contributed by atoms with Crippen molar-refractivity contribution >= 4 is 27.7 Å². The molecule has 0 aliphatic heterocycles. The van der Waals surface area contributed by atoms with Crippen LogP contribution in [0.25, 0.3) is 33.2 Å². The number of ether oxygens (including phenoxy) is 1. The number of nitrogens with zero attached hydrogens (tertiary/aromatic N) is 2. The zero-order valence-corrected chi connectivity index (χ0v) is 16.9. The lowest BCUT2D eigenvalue weighted by Crippen LogP contribution is -2.27. The van der Waals surface area contributed by atoms with Crippen molar-refractivity contribution in [2.75, 3.05) is 13.7 Å². The highest BCUT2D eigenvalue weighted by Gasteiger charge is 2.14. The summed E-state index contributed by atoms with van der Waals surface area (Å²) in [4.78, 5) is 23.3. The fraction of sp³-hybridized carbons (Fsp3) is 0.174. The van der Waals surface area contributed by atoms with Gasteiger partial charge in [-0.2, -0.15) is 4.98 Å². The first-order chi connectivity index (χ1) is 15.2. The molecule has 3 heterocycles. The minimum atomic E-state index is -0.0694. The van der Waals surface area contributed by atoms with Gasteiger partial charge in [-0.25, -0.2) is 0 Å². The lowest BCUT2D eigenvalue weighted by atomic mass is 10.1. The second-order valence-corrected chi connectivity index (χ2v) is 7.23. The van der Waals surface area contributed by atoms with Gasteiger partial charge in [-0.15, -0.1) is 0 Å². The summed E-state index contributed by atoms with van der Waals surface area (Å²) < 4.78 is 10.7. The van der Waals surface area contributed by atoms with Crippen LogP contribution in [0, 0.1) is 0 Å². The predicted molar refractivity (Wildman–Crippen MR) is 117 cm³/mol. The van der Waals surface area contributed by atoms with Gasteiger partial charge in [-0.05, 0) is 17.7 Å². The van der Waals surface area contributed by atoms with Gasteiger partial charge in [0.25, 0.3) is 0 Å². The Kier molecular flexibility index (Phi) is 4.87. The van der Waals surface area contributed by atoms with E-state index in [0.717, 1.165) is 38.7 Å². The molecule has 0 bridgehead atoms. The van der Waals surface area contributed by atoms with Crippen LogP contribution in [-0.4, -0.2) is 39.7 Å². The second-order valence-electron chi connectivity index (χ2n) is 7.23. The average Bonchev–Trinajstić information content (AvgIpc) is 3.52. The van der Waals surface area contributed by atoms with Gasteiger partial charge in [-0.1, -0.05) is 35.5 Å². The number of carbonyl (C=O) groups is 1. The molecule has 0 aliphatic carbocycles. The number of aromatic nitrogens is 4. The Hall–Kier alpha value is -4.07. The number of methoxy groups -OCH3 is 1. The minimum absolute atomic E-state index is 0.0694. The first-order valence-corrected chi connectivity index (χ1v) is 10.0. The van der Waals surface area contributed by atoms with Crippen molar-refractivity contribution in [3.8, 4) is 17.1 Å². The summed E-state index contributed by atoms with van der Waals surface area (Å²) in [5.74, 6) is 1.70. The van der Waals surface area contributed by atoms with E-state index >= 15 is 0 Å². The van der Waals surface area contributed by atoms with Crippen LogP contribution in [0.15, 0.2) is 59.4 Å². The SMILES string of the molecule is COc1cccc2c(CC(=O)NCCc3nc(-c4c[nH]c5ccccc45)no3)c[nH]c12. The largest absolute Gasteiger partial charge is 0.495 e. The van der Waals surface area contributed by atoms with Gasteiger partial charge in [0, 0.05) is 47.2 Å². The molecule has 3 N–H and O–H groups in total. The van der Waals surface area contributed by atoms with Gasteiger partial charge in [0.15, 0.2) is 0 Å². The predicted octanol–water partition coefficient (Wildman–Crippen LogP) is 3.61. The molecule has 5 rings (SSSR count). The Bertz CT molecular complexity index is 1360. The van der Waals surface area contributed by atoms with Crippen LogP contribution in [0.2, 0.25) is 0 Å². The Morgan fingerprint density at radius 1 is 1.10 bits per heavy atom. The van der Waals surface area contributed by atoms with E-state index < -0.39 is 0 Å². The first-order valence-electron chi connectivity index (χ1n) is 10.0. The number of rotatable bonds is 7. The maximum atomic E-state index is 12.4. The monoisotopic (exact) mass is 415 g/mol. The molecular weight excluding hydrogens is 394 g/mol. The van der Waals surface area contributed by atoms with Crippen LogP contribution in [0.3, 0.4) is 0 Å². The average molecular weight is 415 g/mol. The number of aromatic amines is 2. The molecule has 156 valence electrons. The molecule has 0 saturated carbocycles. The molecule has 0 unspecified atom stereocenters. The van der Waals surface area contributed by atoms with Crippen LogP contribution in [0.5, 0.6) is 5.75 Å².